The van der Waals surface area contributed by atoms with Crippen molar-refractivity contribution in [2.24, 2.45) is 0 Å². The zero-order chi connectivity index (χ0) is 27.2. The third-order valence-corrected chi connectivity index (χ3v) is 7.83. The molecule has 0 radical (unpaired) electrons. The summed E-state index contributed by atoms with van der Waals surface area (Å²) in [5.41, 5.74) is 1.86. The van der Waals surface area contributed by atoms with E-state index < -0.39 is 32.7 Å². The molecule has 0 heterocycles. The van der Waals surface area contributed by atoms with Gasteiger partial charge in [-0.05, 0) is 74.9 Å². The third kappa shape index (κ3) is 6.99. The summed E-state index contributed by atoms with van der Waals surface area (Å²) in [7, 11) is -4.01. The highest BCUT2D eigenvalue weighted by Gasteiger charge is 2.31. The van der Waals surface area contributed by atoms with Crippen LogP contribution in [-0.2, 0) is 14.6 Å². The average molecular weight is 546 g/mol. The molecule has 0 saturated heterocycles. The van der Waals surface area contributed by atoms with Gasteiger partial charge in [-0.2, -0.15) is 0 Å². The van der Waals surface area contributed by atoms with Gasteiger partial charge in [-0.3, -0.25) is 15.4 Å². The molecule has 0 spiro atoms. The van der Waals surface area contributed by atoms with Crippen molar-refractivity contribution < 1.29 is 22.9 Å². The van der Waals surface area contributed by atoms with Crippen LogP contribution in [0.2, 0.25) is 5.02 Å². The number of carbonyl (C=O) groups is 1. The second kappa shape index (κ2) is 12.1. The lowest BCUT2D eigenvalue weighted by Crippen LogP contribution is -2.24. The van der Waals surface area contributed by atoms with Crippen LogP contribution < -0.4 is 10.2 Å². The number of halogens is 1. The van der Waals surface area contributed by atoms with Gasteiger partial charge in [0.1, 0.15) is 6.10 Å². The van der Waals surface area contributed by atoms with Crippen molar-refractivity contribution in [3.05, 3.63) is 93.0 Å². The molecule has 3 aromatic carbocycles. The predicted octanol–water partition coefficient (Wildman–Crippen LogP) is 6.17. The van der Waals surface area contributed by atoms with Crippen molar-refractivity contribution >= 4 is 44.6 Å². The number of para-hydroxylation sites is 1. The number of benzene rings is 3. The minimum absolute atomic E-state index is 0.0335. The minimum atomic E-state index is -4.01. The first-order chi connectivity index (χ1) is 17.6. The van der Waals surface area contributed by atoms with Crippen molar-refractivity contribution in [3.63, 3.8) is 0 Å². The molecule has 0 fully saturated rings. The maximum Gasteiger partial charge on any atom is 0.412 e. The highest BCUT2D eigenvalue weighted by atomic mass is 35.5. The zero-order valence-electron chi connectivity index (χ0n) is 20.7. The van der Waals surface area contributed by atoms with Crippen LogP contribution in [0, 0.1) is 17.0 Å². The van der Waals surface area contributed by atoms with E-state index in [1.54, 1.807) is 6.07 Å². The van der Waals surface area contributed by atoms with E-state index >= 15 is 0 Å². The van der Waals surface area contributed by atoms with E-state index in [0.717, 1.165) is 24.3 Å². The summed E-state index contributed by atoms with van der Waals surface area (Å²) in [5.74, 6) is -0.702. The lowest BCUT2D eigenvalue weighted by atomic mass is 10.1. The summed E-state index contributed by atoms with van der Waals surface area (Å²) in [4.78, 5) is 26.0. The van der Waals surface area contributed by atoms with Crippen molar-refractivity contribution in [1.29, 1.82) is 0 Å². The first kappa shape index (κ1) is 27.9. The molecule has 0 aliphatic rings. The normalized spacial score (nSPS) is 12.0. The maximum atomic E-state index is 13.1. The number of amides is 1. The van der Waals surface area contributed by atoms with E-state index in [1.807, 2.05) is 32.9 Å². The largest absolute Gasteiger partial charge is 0.440 e. The van der Waals surface area contributed by atoms with Gasteiger partial charge < -0.3 is 9.64 Å². The van der Waals surface area contributed by atoms with Crippen LogP contribution in [-0.4, -0.2) is 38.3 Å². The van der Waals surface area contributed by atoms with Gasteiger partial charge in [0.2, 0.25) is 0 Å². The molecule has 1 N–H and O–H groups in total. The van der Waals surface area contributed by atoms with E-state index in [2.05, 4.69) is 10.2 Å². The van der Waals surface area contributed by atoms with Gasteiger partial charge in [-0.15, -0.1) is 0 Å². The SMILES string of the molecule is CCN(CC)c1ccc(NC(=O)OC(CS(=O)(=O)c2ccc(Cl)cc2)c2ccccc2[N+](=O)[O-])c(C)c1. The Morgan fingerprint density at radius 3 is 2.32 bits per heavy atom. The number of nitro groups is 1. The number of nitrogens with one attached hydrogen (secondary N) is 1. The molecule has 3 rings (SSSR count). The number of anilines is 2. The quantitative estimate of drug-likeness (QED) is 0.239. The first-order valence-electron chi connectivity index (χ1n) is 11.6. The Morgan fingerprint density at radius 2 is 1.73 bits per heavy atom. The molecule has 0 saturated carbocycles. The van der Waals surface area contributed by atoms with Gasteiger partial charge in [0.05, 0.1) is 21.1 Å². The molecule has 0 aromatic heterocycles. The topological polar surface area (TPSA) is 119 Å². The number of hydrogen-bond acceptors (Lipinski definition) is 7. The van der Waals surface area contributed by atoms with Gasteiger partial charge in [-0.25, -0.2) is 13.2 Å². The first-order valence-corrected chi connectivity index (χ1v) is 13.6. The van der Waals surface area contributed by atoms with Crippen molar-refractivity contribution in [3.8, 4) is 0 Å². The minimum Gasteiger partial charge on any atom is -0.440 e. The Morgan fingerprint density at radius 1 is 1.08 bits per heavy atom. The van der Waals surface area contributed by atoms with Gasteiger partial charge in [0.25, 0.3) is 5.69 Å². The van der Waals surface area contributed by atoms with Crippen molar-refractivity contribution in [2.45, 2.75) is 31.8 Å². The van der Waals surface area contributed by atoms with Crippen LogP contribution in [0.5, 0.6) is 0 Å². The molecule has 1 amide bonds. The molecule has 0 aliphatic heterocycles. The summed E-state index contributed by atoms with van der Waals surface area (Å²) in [5, 5.41) is 14.6. The molecule has 1 atom stereocenters. The van der Waals surface area contributed by atoms with Crippen molar-refractivity contribution in [2.75, 3.05) is 29.1 Å². The summed E-state index contributed by atoms with van der Waals surface area (Å²) in [6.45, 7) is 7.56. The molecule has 1 unspecified atom stereocenters. The Balaban J connectivity index is 1.90. The molecule has 0 bridgehead atoms. The van der Waals surface area contributed by atoms with Crippen LogP contribution in [0.1, 0.15) is 31.1 Å². The summed E-state index contributed by atoms with van der Waals surface area (Å²) >= 11 is 5.87. The average Bonchev–Trinajstić information content (AvgIpc) is 2.86. The smallest absolute Gasteiger partial charge is 0.412 e. The van der Waals surface area contributed by atoms with E-state index in [4.69, 9.17) is 16.3 Å². The summed E-state index contributed by atoms with van der Waals surface area (Å²) in [6, 6.07) is 16.6. The molecular formula is C26H28ClN3O6S. The number of ether oxygens (including phenoxy) is 1. The summed E-state index contributed by atoms with van der Waals surface area (Å²) < 4.78 is 31.8. The lowest BCUT2D eigenvalue weighted by molar-refractivity contribution is -0.386. The van der Waals surface area contributed by atoms with Crippen LogP contribution in [0.4, 0.5) is 21.9 Å². The van der Waals surface area contributed by atoms with E-state index in [1.165, 1.54) is 48.5 Å². The van der Waals surface area contributed by atoms with E-state index in [-0.39, 0.29) is 16.1 Å². The number of rotatable bonds is 10. The predicted molar refractivity (Wildman–Crippen MR) is 144 cm³/mol. The fourth-order valence-corrected chi connectivity index (χ4v) is 5.41. The van der Waals surface area contributed by atoms with Gasteiger partial charge >= 0.3 is 6.09 Å². The Hall–Kier alpha value is -3.63. The summed E-state index contributed by atoms with van der Waals surface area (Å²) in [6.07, 6.45) is -2.38. The van der Waals surface area contributed by atoms with E-state index in [0.29, 0.717) is 10.7 Å². The molecule has 11 heteroatoms. The Kier molecular flexibility index (Phi) is 9.12. The second-order valence-corrected chi connectivity index (χ2v) is 10.7. The number of hydrogen-bond donors (Lipinski definition) is 1. The lowest BCUT2D eigenvalue weighted by Gasteiger charge is -2.23. The molecule has 196 valence electrons. The molecular weight excluding hydrogens is 518 g/mol. The number of nitrogens with zero attached hydrogens (tertiary/aromatic N) is 2. The standard InChI is InChI=1S/C26H28ClN3O6S/c1-4-29(5-2)20-12-15-23(18(3)16-20)28-26(31)36-25(22-8-6-7-9-24(22)30(32)33)17-37(34,35)21-13-10-19(27)11-14-21/h6-16,25H,4-5,17H2,1-3H3,(H,28,31). The fourth-order valence-electron chi connectivity index (χ4n) is 3.89. The second-order valence-electron chi connectivity index (χ2n) is 8.24. The van der Waals surface area contributed by atoms with Gasteiger partial charge in [0, 0.05) is 35.6 Å². The highest BCUT2D eigenvalue weighted by molar-refractivity contribution is 7.91. The zero-order valence-corrected chi connectivity index (χ0v) is 22.3. The van der Waals surface area contributed by atoms with Crippen LogP contribution in [0.3, 0.4) is 0 Å². The van der Waals surface area contributed by atoms with Crippen LogP contribution in [0.25, 0.3) is 0 Å². The monoisotopic (exact) mass is 545 g/mol. The van der Waals surface area contributed by atoms with Crippen molar-refractivity contribution in [1.82, 2.24) is 0 Å². The van der Waals surface area contributed by atoms with Crippen LogP contribution >= 0.6 is 11.6 Å². The highest BCUT2D eigenvalue weighted by Crippen LogP contribution is 2.31. The molecule has 9 nitrogen and oxygen atoms in total. The Bertz CT molecular complexity index is 1380. The third-order valence-electron chi connectivity index (χ3n) is 5.85. The van der Waals surface area contributed by atoms with Gasteiger partial charge in [0.15, 0.2) is 9.84 Å². The number of aryl methyl sites for hydroxylation is 1. The maximum absolute atomic E-state index is 13.1. The van der Waals surface area contributed by atoms with Gasteiger partial charge in [-0.1, -0.05) is 23.7 Å². The van der Waals surface area contributed by atoms with E-state index in [9.17, 15) is 23.3 Å². The number of sulfone groups is 1. The fraction of sp³-hybridized carbons (Fsp3) is 0.269. The molecule has 3 aromatic rings. The Labute approximate surface area is 221 Å². The molecule has 0 aliphatic carbocycles. The van der Waals surface area contributed by atoms with Crippen LogP contribution in [0.15, 0.2) is 71.6 Å². The number of nitro benzene ring substituents is 1. The number of carbonyl (C=O) groups excluding carboxylic acids is 1. The molecule has 37 heavy (non-hydrogen) atoms.